The number of aliphatic carboxylic acids is 2. The molecule has 0 saturated heterocycles. The summed E-state index contributed by atoms with van der Waals surface area (Å²) < 4.78 is 0. The zero-order valence-corrected chi connectivity index (χ0v) is 11.9. The van der Waals surface area contributed by atoms with Crippen LogP contribution in [0.3, 0.4) is 0 Å². The lowest BCUT2D eigenvalue weighted by atomic mass is 10.1. The first-order chi connectivity index (χ1) is 10.6. The molecule has 1 unspecified atom stereocenters. The van der Waals surface area contributed by atoms with E-state index in [1.807, 2.05) is 60.7 Å². The third-order valence-corrected chi connectivity index (χ3v) is 3.30. The summed E-state index contributed by atoms with van der Waals surface area (Å²) >= 11 is 0. The van der Waals surface area contributed by atoms with Crippen LogP contribution in [0.25, 0.3) is 0 Å². The predicted octanol–water partition coefficient (Wildman–Crippen LogP) is 3.14. The average molecular weight is 299 g/mol. The molecule has 5 heteroatoms. The third-order valence-electron chi connectivity index (χ3n) is 3.30. The van der Waals surface area contributed by atoms with E-state index in [1.54, 1.807) is 4.90 Å². The summed E-state index contributed by atoms with van der Waals surface area (Å²) in [7, 11) is 0. The number of hydrogen-bond acceptors (Lipinski definition) is 3. The van der Waals surface area contributed by atoms with Gasteiger partial charge in [0.05, 0.1) is 0 Å². The summed E-state index contributed by atoms with van der Waals surface area (Å²) in [6.07, 6.45) is -0.179. The minimum absolute atomic E-state index is 0.0223. The Morgan fingerprint density at radius 1 is 0.864 bits per heavy atom. The van der Waals surface area contributed by atoms with Gasteiger partial charge in [0.15, 0.2) is 0 Å². The topological polar surface area (TPSA) is 77.8 Å². The Kier molecular flexibility index (Phi) is 5.14. The lowest BCUT2D eigenvalue weighted by molar-refractivity contribution is -0.139. The van der Waals surface area contributed by atoms with Crippen molar-refractivity contribution in [2.75, 3.05) is 4.90 Å². The Hall–Kier alpha value is -2.82. The van der Waals surface area contributed by atoms with Crippen molar-refractivity contribution in [1.29, 1.82) is 0 Å². The number of hydrogen-bond donors (Lipinski definition) is 2. The Bertz CT molecular complexity index is 588. The first-order valence-electron chi connectivity index (χ1n) is 6.93. The van der Waals surface area contributed by atoms with Gasteiger partial charge in [-0.2, -0.15) is 0 Å². The number of anilines is 2. The normalized spacial score (nSPS) is 11.6. The summed E-state index contributed by atoms with van der Waals surface area (Å²) in [5.41, 5.74) is 1.43. The highest BCUT2D eigenvalue weighted by atomic mass is 16.4. The van der Waals surface area contributed by atoms with Gasteiger partial charge in [0.2, 0.25) is 0 Å². The van der Waals surface area contributed by atoms with Gasteiger partial charge >= 0.3 is 11.9 Å². The van der Waals surface area contributed by atoms with E-state index >= 15 is 0 Å². The summed E-state index contributed by atoms with van der Waals surface area (Å²) in [6.45, 7) is 0. The Balaban J connectivity index is 2.42. The second kappa shape index (κ2) is 7.26. The van der Waals surface area contributed by atoms with Crippen molar-refractivity contribution in [2.24, 2.45) is 0 Å². The Labute approximate surface area is 128 Å². The van der Waals surface area contributed by atoms with Gasteiger partial charge in [0.25, 0.3) is 0 Å². The van der Waals surface area contributed by atoms with Crippen LogP contribution in [0.5, 0.6) is 0 Å². The van der Waals surface area contributed by atoms with Crippen molar-refractivity contribution in [3.63, 3.8) is 0 Å². The van der Waals surface area contributed by atoms with E-state index in [9.17, 15) is 14.7 Å². The van der Waals surface area contributed by atoms with Crippen LogP contribution in [-0.2, 0) is 9.59 Å². The van der Waals surface area contributed by atoms with Gasteiger partial charge in [-0.25, -0.2) is 4.79 Å². The van der Waals surface area contributed by atoms with E-state index in [-0.39, 0.29) is 12.8 Å². The van der Waals surface area contributed by atoms with Crippen molar-refractivity contribution in [3.8, 4) is 0 Å². The van der Waals surface area contributed by atoms with Gasteiger partial charge in [0, 0.05) is 17.8 Å². The van der Waals surface area contributed by atoms with Crippen LogP contribution in [-0.4, -0.2) is 28.2 Å². The van der Waals surface area contributed by atoms with Crippen LogP contribution in [0.1, 0.15) is 12.8 Å². The summed E-state index contributed by atoms with van der Waals surface area (Å²) in [5, 5.41) is 18.4. The van der Waals surface area contributed by atoms with Crippen molar-refractivity contribution in [3.05, 3.63) is 60.7 Å². The zero-order chi connectivity index (χ0) is 15.9. The molecule has 2 rings (SSSR count). The number of benzene rings is 2. The van der Waals surface area contributed by atoms with Gasteiger partial charge in [-0.3, -0.25) is 4.79 Å². The molecule has 0 aliphatic rings. The monoisotopic (exact) mass is 299 g/mol. The molecule has 2 aromatic rings. The molecule has 1 atom stereocenters. The number of rotatable bonds is 7. The van der Waals surface area contributed by atoms with Gasteiger partial charge in [-0.1, -0.05) is 36.4 Å². The molecule has 0 bridgehead atoms. The molecule has 5 nitrogen and oxygen atoms in total. The van der Waals surface area contributed by atoms with E-state index in [0.29, 0.717) is 11.4 Å². The summed E-state index contributed by atoms with van der Waals surface area (Å²) in [5.74, 6) is -2.05. The van der Waals surface area contributed by atoms with Crippen LogP contribution in [0.4, 0.5) is 11.4 Å². The standard InChI is InChI=1S/C17H17NO4/c19-16(20)12-11-15(17(21)22)18(13-7-3-1-4-8-13)14-9-5-2-6-10-14/h1-10,15H,11-12H2,(H,19,20)(H,21,22). The zero-order valence-electron chi connectivity index (χ0n) is 11.9. The van der Waals surface area contributed by atoms with E-state index < -0.39 is 18.0 Å². The van der Waals surface area contributed by atoms with Crippen LogP contribution in [0, 0.1) is 0 Å². The molecule has 2 N–H and O–H groups in total. The molecule has 0 heterocycles. The molecule has 0 fully saturated rings. The lowest BCUT2D eigenvalue weighted by Gasteiger charge is -2.31. The number of para-hydroxylation sites is 2. The highest BCUT2D eigenvalue weighted by Gasteiger charge is 2.27. The van der Waals surface area contributed by atoms with Crippen LogP contribution >= 0.6 is 0 Å². The third kappa shape index (κ3) is 3.85. The van der Waals surface area contributed by atoms with Crippen LogP contribution in [0.2, 0.25) is 0 Å². The van der Waals surface area contributed by atoms with Crippen LogP contribution in [0.15, 0.2) is 60.7 Å². The fourth-order valence-corrected chi connectivity index (χ4v) is 2.31. The van der Waals surface area contributed by atoms with Gasteiger partial charge in [-0.05, 0) is 30.7 Å². The molecule has 0 spiro atoms. The molecule has 0 aliphatic carbocycles. The van der Waals surface area contributed by atoms with Gasteiger partial charge < -0.3 is 15.1 Å². The molecule has 0 radical (unpaired) electrons. The Morgan fingerprint density at radius 3 is 1.68 bits per heavy atom. The second-order valence-corrected chi connectivity index (χ2v) is 4.83. The number of carboxylic acids is 2. The molecule has 22 heavy (non-hydrogen) atoms. The van der Waals surface area contributed by atoms with E-state index in [0.717, 1.165) is 0 Å². The fraction of sp³-hybridized carbons (Fsp3) is 0.176. The van der Waals surface area contributed by atoms with Gasteiger partial charge in [0.1, 0.15) is 6.04 Å². The maximum absolute atomic E-state index is 11.7. The highest BCUT2D eigenvalue weighted by Crippen LogP contribution is 2.29. The lowest BCUT2D eigenvalue weighted by Crippen LogP contribution is -2.38. The predicted molar refractivity (Wildman–Crippen MR) is 83.3 cm³/mol. The number of carbonyl (C=O) groups is 2. The summed E-state index contributed by atoms with van der Waals surface area (Å²) in [6, 6.07) is 17.3. The smallest absolute Gasteiger partial charge is 0.326 e. The number of nitrogens with zero attached hydrogens (tertiary/aromatic N) is 1. The minimum atomic E-state index is -1.05. The molecule has 0 amide bonds. The molecular formula is C17H17NO4. The average Bonchev–Trinajstić information content (AvgIpc) is 2.52. The van der Waals surface area contributed by atoms with Gasteiger partial charge in [-0.15, -0.1) is 0 Å². The van der Waals surface area contributed by atoms with E-state index in [2.05, 4.69) is 0 Å². The largest absolute Gasteiger partial charge is 0.481 e. The Morgan fingerprint density at radius 2 is 1.32 bits per heavy atom. The minimum Gasteiger partial charge on any atom is -0.481 e. The number of carboxylic acid groups (broad SMARTS) is 2. The van der Waals surface area contributed by atoms with Crippen LogP contribution < -0.4 is 4.90 Å². The molecule has 114 valence electrons. The highest BCUT2D eigenvalue weighted by molar-refractivity contribution is 5.83. The molecule has 0 aromatic heterocycles. The quantitative estimate of drug-likeness (QED) is 0.821. The fourth-order valence-electron chi connectivity index (χ4n) is 2.31. The first-order valence-corrected chi connectivity index (χ1v) is 6.93. The molecule has 0 aliphatic heterocycles. The summed E-state index contributed by atoms with van der Waals surface area (Å²) in [4.78, 5) is 24.1. The van der Waals surface area contributed by atoms with Crippen molar-refractivity contribution in [1.82, 2.24) is 0 Å². The van der Waals surface area contributed by atoms with E-state index in [1.165, 1.54) is 0 Å². The maximum Gasteiger partial charge on any atom is 0.326 e. The molecular weight excluding hydrogens is 282 g/mol. The SMILES string of the molecule is O=C(O)CCC(C(=O)O)N(c1ccccc1)c1ccccc1. The second-order valence-electron chi connectivity index (χ2n) is 4.83. The molecule has 0 saturated carbocycles. The van der Waals surface area contributed by atoms with Crippen molar-refractivity contribution >= 4 is 23.3 Å². The first kappa shape index (κ1) is 15.6. The molecule has 2 aromatic carbocycles. The van der Waals surface area contributed by atoms with E-state index in [4.69, 9.17) is 5.11 Å². The van der Waals surface area contributed by atoms with Crippen molar-refractivity contribution < 1.29 is 19.8 Å². The van der Waals surface area contributed by atoms with Crippen molar-refractivity contribution in [2.45, 2.75) is 18.9 Å². The maximum atomic E-state index is 11.7.